The molecule has 2 aromatic carbocycles. The lowest BCUT2D eigenvalue weighted by atomic mass is 10.0. The quantitative estimate of drug-likeness (QED) is 0.551. The lowest BCUT2D eigenvalue weighted by Crippen LogP contribution is -2.39. The van der Waals surface area contributed by atoms with Crippen molar-refractivity contribution in [2.45, 2.75) is 31.8 Å². The maximum Gasteiger partial charge on any atom is 0.242 e. The summed E-state index contributed by atoms with van der Waals surface area (Å²) >= 11 is 17.7. The van der Waals surface area contributed by atoms with Crippen LogP contribution in [0.1, 0.15) is 18.4 Å². The Balaban J connectivity index is 1.53. The molecule has 1 saturated heterocycles. The van der Waals surface area contributed by atoms with Crippen LogP contribution in [0.4, 0.5) is 0 Å². The molecule has 29 heavy (non-hydrogen) atoms. The molecule has 0 spiro atoms. The van der Waals surface area contributed by atoms with E-state index >= 15 is 0 Å². The third-order valence-corrected chi connectivity index (χ3v) is 6.20. The van der Waals surface area contributed by atoms with Gasteiger partial charge in [0.1, 0.15) is 6.54 Å². The van der Waals surface area contributed by atoms with Crippen molar-refractivity contribution in [2.75, 3.05) is 6.54 Å². The van der Waals surface area contributed by atoms with Gasteiger partial charge in [-0.1, -0.05) is 41.4 Å². The van der Waals surface area contributed by atoms with Crippen molar-refractivity contribution >= 4 is 41.3 Å². The molecule has 0 saturated carbocycles. The van der Waals surface area contributed by atoms with Crippen molar-refractivity contribution in [1.82, 2.24) is 19.7 Å². The molecule has 1 N–H and O–H groups in total. The van der Waals surface area contributed by atoms with Crippen molar-refractivity contribution in [3.63, 3.8) is 0 Å². The van der Waals surface area contributed by atoms with Crippen molar-refractivity contribution in [3.05, 3.63) is 68.9 Å². The Morgan fingerprint density at radius 3 is 2.69 bits per heavy atom. The smallest absolute Gasteiger partial charge is 0.242 e. The fraction of sp³-hybridized carbons (Fsp3) is 0.286. The van der Waals surface area contributed by atoms with Gasteiger partial charge in [0.25, 0.3) is 0 Å². The summed E-state index contributed by atoms with van der Waals surface area (Å²) in [5, 5.41) is 8.50. The zero-order chi connectivity index (χ0) is 20.4. The Bertz CT molecular complexity index is 1080. The van der Waals surface area contributed by atoms with E-state index in [0.717, 1.165) is 42.0 Å². The third kappa shape index (κ3) is 4.39. The summed E-state index contributed by atoms with van der Waals surface area (Å²) in [6, 6.07) is 15.3. The maximum absolute atomic E-state index is 13.2. The predicted molar refractivity (Wildman–Crippen MR) is 118 cm³/mol. The minimum atomic E-state index is 0.0345. The number of nitrogens with one attached hydrogen (secondary N) is 1. The van der Waals surface area contributed by atoms with E-state index in [2.05, 4.69) is 10.2 Å². The van der Waals surface area contributed by atoms with Crippen molar-refractivity contribution in [1.29, 1.82) is 0 Å². The van der Waals surface area contributed by atoms with E-state index in [1.807, 2.05) is 41.3 Å². The molecule has 4 rings (SSSR count). The van der Waals surface area contributed by atoms with Crippen molar-refractivity contribution in [2.24, 2.45) is 0 Å². The van der Waals surface area contributed by atoms with E-state index in [4.69, 9.17) is 35.4 Å². The van der Waals surface area contributed by atoms with Gasteiger partial charge in [-0.2, -0.15) is 5.10 Å². The highest BCUT2D eigenvalue weighted by Crippen LogP contribution is 2.26. The molecule has 1 aliphatic rings. The number of carbonyl (C=O) groups is 1. The number of benzene rings is 2. The lowest BCUT2D eigenvalue weighted by molar-refractivity contribution is -0.132. The molecule has 3 aromatic rings. The molecule has 1 unspecified atom stereocenters. The van der Waals surface area contributed by atoms with Crippen LogP contribution in [-0.2, 0) is 17.8 Å². The highest BCUT2D eigenvalue weighted by molar-refractivity contribution is 7.71. The SMILES string of the molecule is O=C(Cn1c(-c2ccc(Cl)cc2)n[nH]c1=S)N1CCCC1Cc1ccccc1Cl. The second-order valence-corrected chi connectivity index (χ2v) is 8.35. The highest BCUT2D eigenvalue weighted by atomic mass is 35.5. The average molecular weight is 447 g/mol. The standard InChI is InChI=1S/C21H20Cl2N4OS/c22-16-9-7-14(8-10-16)20-24-25-21(29)27(20)13-19(28)26-11-3-5-17(26)12-15-4-1-2-6-18(15)23/h1-2,4,6-10,17H,3,5,11-13H2,(H,25,29). The van der Waals surface area contributed by atoms with Gasteiger partial charge in [0.05, 0.1) is 0 Å². The van der Waals surface area contributed by atoms with E-state index in [1.54, 1.807) is 16.7 Å². The normalized spacial score (nSPS) is 16.3. The molecule has 150 valence electrons. The molecule has 1 amide bonds. The van der Waals surface area contributed by atoms with Gasteiger partial charge in [-0.25, -0.2) is 0 Å². The average Bonchev–Trinajstić information content (AvgIpc) is 3.32. The Hall–Kier alpha value is -2.15. The van der Waals surface area contributed by atoms with Gasteiger partial charge in [0.15, 0.2) is 10.6 Å². The summed E-state index contributed by atoms with van der Waals surface area (Å²) in [7, 11) is 0. The van der Waals surface area contributed by atoms with Crippen LogP contribution >= 0.6 is 35.4 Å². The van der Waals surface area contributed by atoms with Crippen LogP contribution in [-0.4, -0.2) is 38.2 Å². The van der Waals surface area contributed by atoms with E-state index in [-0.39, 0.29) is 18.5 Å². The van der Waals surface area contributed by atoms with Gasteiger partial charge >= 0.3 is 0 Å². The first-order valence-electron chi connectivity index (χ1n) is 9.47. The number of likely N-dealkylation sites (tertiary alicyclic amines) is 1. The Labute approximate surface area is 184 Å². The summed E-state index contributed by atoms with van der Waals surface area (Å²) in [6.45, 7) is 0.891. The zero-order valence-electron chi connectivity index (χ0n) is 15.6. The van der Waals surface area contributed by atoms with Crippen LogP contribution in [0, 0.1) is 4.77 Å². The number of H-pyrrole nitrogens is 1. The first kappa shape index (κ1) is 20.1. The number of carbonyl (C=O) groups excluding carboxylic acids is 1. The molecule has 1 aliphatic heterocycles. The molecule has 1 fully saturated rings. The summed E-state index contributed by atoms with van der Waals surface area (Å²) < 4.78 is 2.16. The van der Waals surface area contributed by atoms with Crippen LogP contribution in [0.15, 0.2) is 48.5 Å². The fourth-order valence-corrected chi connectivity index (χ4v) is 4.34. The van der Waals surface area contributed by atoms with E-state index in [1.165, 1.54) is 0 Å². The second kappa shape index (κ2) is 8.69. The first-order valence-corrected chi connectivity index (χ1v) is 10.6. The van der Waals surface area contributed by atoms with E-state index < -0.39 is 0 Å². The monoisotopic (exact) mass is 446 g/mol. The predicted octanol–water partition coefficient (Wildman–Crippen LogP) is 5.15. The largest absolute Gasteiger partial charge is 0.338 e. The molecular formula is C21H20Cl2N4OS. The molecule has 2 heterocycles. The number of nitrogens with zero attached hydrogens (tertiary/aromatic N) is 3. The number of hydrogen-bond donors (Lipinski definition) is 1. The molecule has 0 radical (unpaired) electrons. The number of aromatic amines is 1. The second-order valence-electron chi connectivity index (χ2n) is 7.12. The minimum absolute atomic E-state index is 0.0345. The van der Waals surface area contributed by atoms with Gasteiger partial charge in [-0.05, 0) is 67.4 Å². The van der Waals surface area contributed by atoms with Crippen molar-refractivity contribution in [3.8, 4) is 11.4 Å². The zero-order valence-corrected chi connectivity index (χ0v) is 18.0. The summed E-state index contributed by atoms with van der Waals surface area (Å²) in [6.07, 6.45) is 2.71. The topological polar surface area (TPSA) is 53.9 Å². The Morgan fingerprint density at radius 1 is 1.17 bits per heavy atom. The molecule has 8 heteroatoms. The molecule has 0 aliphatic carbocycles. The number of halogens is 2. The maximum atomic E-state index is 13.2. The third-order valence-electron chi connectivity index (χ3n) is 5.26. The molecule has 1 aromatic heterocycles. The van der Waals surface area contributed by atoms with E-state index in [0.29, 0.717) is 15.6 Å². The van der Waals surface area contributed by atoms with Crippen LogP contribution in [0.5, 0.6) is 0 Å². The molecule has 5 nitrogen and oxygen atoms in total. The van der Waals surface area contributed by atoms with Crippen LogP contribution in [0.25, 0.3) is 11.4 Å². The van der Waals surface area contributed by atoms with Gasteiger partial charge in [0, 0.05) is 28.2 Å². The Morgan fingerprint density at radius 2 is 1.93 bits per heavy atom. The minimum Gasteiger partial charge on any atom is -0.338 e. The highest BCUT2D eigenvalue weighted by Gasteiger charge is 2.30. The fourth-order valence-electron chi connectivity index (χ4n) is 3.80. The summed E-state index contributed by atoms with van der Waals surface area (Å²) in [5.74, 6) is 0.661. The van der Waals surface area contributed by atoms with E-state index in [9.17, 15) is 4.79 Å². The summed E-state index contributed by atoms with van der Waals surface area (Å²) in [4.78, 5) is 15.1. The van der Waals surface area contributed by atoms with Crippen LogP contribution < -0.4 is 0 Å². The molecule has 1 atom stereocenters. The molecular weight excluding hydrogens is 427 g/mol. The number of amides is 1. The van der Waals surface area contributed by atoms with Crippen LogP contribution in [0.2, 0.25) is 10.0 Å². The summed E-state index contributed by atoms with van der Waals surface area (Å²) in [5.41, 5.74) is 1.92. The number of aromatic nitrogens is 3. The van der Waals surface area contributed by atoms with Crippen molar-refractivity contribution < 1.29 is 4.79 Å². The van der Waals surface area contributed by atoms with Gasteiger partial charge in [-0.3, -0.25) is 14.5 Å². The lowest BCUT2D eigenvalue weighted by Gasteiger charge is -2.25. The first-order chi connectivity index (χ1) is 14.0. The van der Waals surface area contributed by atoms with Gasteiger partial charge in [-0.15, -0.1) is 0 Å². The number of hydrogen-bond acceptors (Lipinski definition) is 3. The van der Waals surface area contributed by atoms with Crippen LogP contribution in [0.3, 0.4) is 0 Å². The number of rotatable bonds is 5. The van der Waals surface area contributed by atoms with Gasteiger partial charge < -0.3 is 4.90 Å². The Kier molecular flexibility index (Phi) is 6.04. The molecule has 0 bridgehead atoms. The van der Waals surface area contributed by atoms with Gasteiger partial charge in [0.2, 0.25) is 5.91 Å².